The summed E-state index contributed by atoms with van der Waals surface area (Å²) < 4.78 is 5.39. The highest BCUT2D eigenvalue weighted by atomic mass is 16.5. The summed E-state index contributed by atoms with van der Waals surface area (Å²) in [5.41, 5.74) is 0. The Labute approximate surface area is 218 Å². The second-order valence-corrected chi connectivity index (χ2v) is 10.6. The number of unbranched alkanes of at least 4 members (excludes halogenated alkanes) is 23. The first-order valence-corrected chi connectivity index (χ1v) is 15.5. The smallest absolute Gasteiger partial charge is 0.305 e. The summed E-state index contributed by atoms with van der Waals surface area (Å²) in [4.78, 5) is 22.3. The summed E-state index contributed by atoms with van der Waals surface area (Å²) in [5, 5.41) is 8.61. The molecule has 0 saturated carbocycles. The molecule has 0 radical (unpaired) electrons. The van der Waals surface area contributed by atoms with Gasteiger partial charge in [0.05, 0.1) is 6.61 Å². The molecule has 0 fully saturated rings. The third-order valence-corrected chi connectivity index (χ3v) is 7.03. The molecule has 0 atom stereocenters. The van der Waals surface area contributed by atoms with Crippen molar-refractivity contribution in [1.82, 2.24) is 0 Å². The lowest BCUT2D eigenvalue weighted by Gasteiger charge is -2.06. The van der Waals surface area contributed by atoms with E-state index in [1.54, 1.807) is 0 Å². The molecular formula is C31H60O4. The second-order valence-electron chi connectivity index (χ2n) is 10.6. The van der Waals surface area contributed by atoms with E-state index in [0.717, 1.165) is 25.7 Å². The van der Waals surface area contributed by atoms with E-state index in [1.807, 2.05) is 0 Å². The Morgan fingerprint density at radius 3 is 1.14 bits per heavy atom. The van der Waals surface area contributed by atoms with Gasteiger partial charge in [0.1, 0.15) is 0 Å². The first-order valence-electron chi connectivity index (χ1n) is 15.5. The molecule has 0 aromatic heterocycles. The van der Waals surface area contributed by atoms with E-state index in [0.29, 0.717) is 19.4 Å². The number of carbonyl (C=O) groups is 2. The standard InChI is InChI=1S/C31H60O4/c1-2-3-4-5-6-7-12-16-19-22-25-28-31(34)35-29-26-23-20-17-14-11-9-8-10-13-15-18-21-24-27-30(32)33/h2-29H2,1H3,(H,32,33). The van der Waals surface area contributed by atoms with Crippen molar-refractivity contribution in [2.75, 3.05) is 6.61 Å². The fraction of sp³-hybridized carbons (Fsp3) is 0.935. The molecule has 0 aromatic carbocycles. The van der Waals surface area contributed by atoms with Crippen LogP contribution in [-0.4, -0.2) is 23.7 Å². The van der Waals surface area contributed by atoms with Crippen LogP contribution in [0.4, 0.5) is 0 Å². The van der Waals surface area contributed by atoms with Crippen molar-refractivity contribution in [2.45, 2.75) is 180 Å². The van der Waals surface area contributed by atoms with Crippen molar-refractivity contribution in [1.29, 1.82) is 0 Å². The average Bonchev–Trinajstić information content (AvgIpc) is 2.84. The Bertz CT molecular complexity index is 449. The quantitative estimate of drug-likeness (QED) is 0.0826. The van der Waals surface area contributed by atoms with Crippen LogP contribution in [-0.2, 0) is 14.3 Å². The summed E-state index contributed by atoms with van der Waals surface area (Å²) in [7, 11) is 0. The van der Waals surface area contributed by atoms with Crippen LogP contribution in [0.3, 0.4) is 0 Å². The molecule has 208 valence electrons. The third kappa shape index (κ3) is 30.9. The Hall–Kier alpha value is -1.06. The topological polar surface area (TPSA) is 63.6 Å². The van der Waals surface area contributed by atoms with E-state index in [9.17, 15) is 9.59 Å². The number of carboxylic acid groups (broad SMARTS) is 1. The van der Waals surface area contributed by atoms with Crippen LogP contribution < -0.4 is 0 Å². The molecule has 35 heavy (non-hydrogen) atoms. The number of carboxylic acids is 1. The van der Waals surface area contributed by atoms with Gasteiger partial charge in [-0.2, -0.15) is 0 Å². The molecule has 0 amide bonds. The first kappa shape index (κ1) is 33.9. The average molecular weight is 497 g/mol. The Kier molecular flexibility index (Phi) is 28.3. The number of hydrogen-bond acceptors (Lipinski definition) is 3. The van der Waals surface area contributed by atoms with Crippen molar-refractivity contribution in [2.24, 2.45) is 0 Å². The summed E-state index contributed by atoms with van der Waals surface area (Å²) in [5.74, 6) is -0.667. The maximum atomic E-state index is 11.8. The van der Waals surface area contributed by atoms with E-state index in [4.69, 9.17) is 9.84 Å². The lowest BCUT2D eigenvalue weighted by molar-refractivity contribution is -0.144. The second kappa shape index (κ2) is 29.2. The number of ether oxygens (including phenoxy) is 1. The lowest BCUT2D eigenvalue weighted by atomic mass is 10.0. The molecule has 0 bridgehead atoms. The SMILES string of the molecule is CCCCCCCCCCCCCC(=O)OCCCCCCCCCCCCCCCCC(=O)O. The first-order chi connectivity index (χ1) is 17.2. The van der Waals surface area contributed by atoms with Gasteiger partial charge >= 0.3 is 11.9 Å². The minimum atomic E-state index is -0.668. The Balaban J connectivity index is 3.15. The van der Waals surface area contributed by atoms with Gasteiger partial charge in [0.15, 0.2) is 0 Å². The number of carbonyl (C=O) groups excluding carboxylic acids is 1. The van der Waals surface area contributed by atoms with Crippen LogP contribution >= 0.6 is 0 Å². The molecule has 0 rings (SSSR count). The van der Waals surface area contributed by atoms with Crippen LogP contribution in [0.5, 0.6) is 0 Å². The van der Waals surface area contributed by atoms with E-state index in [2.05, 4.69) is 6.92 Å². The zero-order valence-corrected chi connectivity index (χ0v) is 23.5. The molecule has 0 saturated heterocycles. The minimum absolute atomic E-state index is 0.00110. The van der Waals surface area contributed by atoms with Crippen LogP contribution in [0.2, 0.25) is 0 Å². The molecule has 0 unspecified atom stereocenters. The van der Waals surface area contributed by atoms with Gasteiger partial charge in [0.25, 0.3) is 0 Å². The maximum absolute atomic E-state index is 11.8. The van der Waals surface area contributed by atoms with Gasteiger partial charge in [0.2, 0.25) is 0 Å². The Morgan fingerprint density at radius 1 is 0.457 bits per heavy atom. The molecular weight excluding hydrogens is 436 g/mol. The number of esters is 1. The normalized spacial score (nSPS) is 11.1. The van der Waals surface area contributed by atoms with Crippen molar-refractivity contribution in [3.8, 4) is 0 Å². The van der Waals surface area contributed by atoms with Crippen molar-refractivity contribution >= 4 is 11.9 Å². The van der Waals surface area contributed by atoms with E-state index in [1.165, 1.54) is 135 Å². The molecule has 0 aliphatic heterocycles. The predicted octanol–water partition coefficient (Wildman–Crippen LogP) is 10.2. The van der Waals surface area contributed by atoms with Crippen LogP contribution in [0, 0.1) is 0 Å². The monoisotopic (exact) mass is 496 g/mol. The molecule has 0 aliphatic carbocycles. The molecule has 0 spiro atoms. The summed E-state index contributed by atoms with van der Waals surface area (Å²) >= 11 is 0. The van der Waals surface area contributed by atoms with Crippen molar-refractivity contribution < 1.29 is 19.4 Å². The van der Waals surface area contributed by atoms with E-state index < -0.39 is 5.97 Å². The zero-order chi connectivity index (χ0) is 25.7. The number of rotatable bonds is 29. The van der Waals surface area contributed by atoms with Crippen LogP contribution in [0.1, 0.15) is 180 Å². The van der Waals surface area contributed by atoms with Crippen molar-refractivity contribution in [3.63, 3.8) is 0 Å². The van der Waals surface area contributed by atoms with Gasteiger partial charge in [-0.1, -0.05) is 148 Å². The summed E-state index contributed by atoms with van der Waals surface area (Å²) in [6, 6.07) is 0. The van der Waals surface area contributed by atoms with Crippen molar-refractivity contribution in [3.05, 3.63) is 0 Å². The van der Waals surface area contributed by atoms with E-state index in [-0.39, 0.29) is 5.97 Å². The summed E-state index contributed by atoms with van der Waals surface area (Å²) in [6.45, 7) is 2.87. The fourth-order valence-corrected chi connectivity index (χ4v) is 4.69. The predicted molar refractivity (Wildman–Crippen MR) is 149 cm³/mol. The highest BCUT2D eigenvalue weighted by Crippen LogP contribution is 2.14. The van der Waals surface area contributed by atoms with Gasteiger partial charge in [0, 0.05) is 12.8 Å². The number of hydrogen-bond donors (Lipinski definition) is 1. The Morgan fingerprint density at radius 2 is 0.771 bits per heavy atom. The molecule has 0 aromatic rings. The zero-order valence-electron chi connectivity index (χ0n) is 23.5. The maximum Gasteiger partial charge on any atom is 0.305 e. The van der Waals surface area contributed by atoms with E-state index >= 15 is 0 Å². The third-order valence-electron chi connectivity index (χ3n) is 7.03. The van der Waals surface area contributed by atoms with Gasteiger partial charge in [-0.15, -0.1) is 0 Å². The van der Waals surface area contributed by atoms with Gasteiger partial charge < -0.3 is 9.84 Å². The van der Waals surface area contributed by atoms with Gasteiger partial charge in [-0.25, -0.2) is 0 Å². The van der Waals surface area contributed by atoms with Crippen LogP contribution in [0.15, 0.2) is 0 Å². The fourth-order valence-electron chi connectivity index (χ4n) is 4.69. The van der Waals surface area contributed by atoms with Crippen LogP contribution in [0.25, 0.3) is 0 Å². The molecule has 4 nitrogen and oxygen atoms in total. The highest BCUT2D eigenvalue weighted by Gasteiger charge is 2.03. The number of aliphatic carboxylic acids is 1. The van der Waals surface area contributed by atoms with Gasteiger partial charge in [-0.3, -0.25) is 9.59 Å². The molecule has 0 aliphatic rings. The molecule has 0 heterocycles. The van der Waals surface area contributed by atoms with Gasteiger partial charge in [-0.05, 0) is 19.3 Å². The minimum Gasteiger partial charge on any atom is -0.481 e. The summed E-state index contributed by atoms with van der Waals surface area (Å²) in [6.07, 6.45) is 32.4. The molecule has 4 heteroatoms. The molecule has 1 N–H and O–H groups in total. The lowest BCUT2D eigenvalue weighted by Crippen LogP contribution is -2.05. The largest absolute Gasteiger partial charge is 0.481 e. The highest BCUT2D eigenvalue weighted by molar-refractivity contribution is 5.69.